The maximum absolute atomic E-state index is 13.7. The van der Waals surface area contributed by atoms with Crippen LogP contribution in [-0.2, 0) is 32.6 Å². The summed E-state index contributed by atoms with van der Waals surface area (Å²) in [5.74, 6) is 0.955. The van der Waals surface area contributed by atoms with E-state index < -0.39 is 19.9 Å². The van der Waals surface area contributed by atoms with Crippen LogP contribution in [0.3, 0.4) is 0 Å². The highest BCUT2D eigenvalue weighted by atomic mass is 32.3. The lowest BCUT2D eigenvalue weighted by molar-refractivity contribution is 0.0546. The predicted octanol–water partition coefficient (Wildman–Crippen LogP) is 4.57. The van der Waals surface area contributed by atoms with Crippen molar-refractivity contribution in [3.8, 4) is 11.3 Å². The Kier molecular flexibility index (Phi) is 9.87. The highest BCUT2D eigenvalue weighted by Crippen LogP contribution is 2.36. The summed E-state index contributed by atoms with van der Waals surface area (Å²) in [5, 5.41) is 0.528. The number of hydrogen-bond donors (Lipinski definition) is 1. The van der Waals surface area contributed by atoms with E-state index >= 15 is 0 Å². The third-order valence-corrected chi connectivity index (χ3v) is 11.7. The van der Waals surface area contributed by atoms with Crippen LogP contribution in [0.25, 0.3) is 22.3 Å². The summed E-state index contributed by atoms with van der Waals surface area (Å²) in [6.07, 6.45) is 12.5. The number of carbonyl (C=O) groups excluding carboxylic acids is 1. The zero-order chi connectivity index (χ0) is 30.8. The van der Waals surface area contributed by atoms with Crippen molar-refractivity contribution in [3.05, 3.63) is 47.7 Å². The largest absolute Gasteiger partial charge is 0.397 e. The van der Waals surface area contributed by atoms with Gasteiger partial charge >= 0.3 is 0 Å². The zero-order valence-electron chi connectivity index (χ0n) is 25.9. The maximum atomic E-state index is 13.7. The van der Waals surface area contributed by atoms with Gasteiger partial charge in [0.25, 0.3) is 0 Å². The standard InChI is InChI=1S/C32H46N4O5S2/c1-42(2,3)18-17-41-22-36-29(19-27-30(28(33)20-34-32(27)36)31(37)25-11-15-40-16-12-25)24-7-5-23(6-8-24)21-35-13-9-26(10-14-35)43(4,38)39/h5-8,19-20,25-26H,9-18,21-22,33H2,1-4H3. The third-order valence-electron chi connectivity index (χ3n) is 8.65. The van der Waals surface area contributed by atoms with E-state index in [9.17, 15) is 13.2 Å². The Morgan fingerprint density at radius 3 is 2.35 bits per heavy atom. The SMILES string of the molecule is CS(C)(C)CCOCn1c(-c2ccc(CN3CCC(S(C)(=O)=O)CC3)cc2)cc2c(C(=O)C3CCOCC3)c(N)cnc21. The van der Waals surface area contributed by atoms with Crippen LogP contribution in [0.15, 0.2) is 36.5 Å². The molecule has 0 spiro atoms. The number of nitrogens with zero attached hydrogens (tertiary/aromatic N) is 3. The van der Waals surface area contributed by atoms with E-state index in [4.69, 9.17) is 20.2 Å². The molecular weight excluding hydrogens is 585 g/mol. The summed E-state index contributed by atoms with van der Waals surface area (Å²) >= 11 is 0. The number of benzene rings is 1. The number of anilines is 1. The predicted molar refractivity (Wildman–Crippen MR) is 177 cm³/mol. The Morgan fingerprint density at radius 1 is 1.05 bits per heavy atom. The molecule has 2 saturated heterocycles. The summed E-state index contributed by atoms with van der Waals surface area (Å²) < 4.78 is 37.6. The topological polar surface area (TPSA) is 117 Å². The Morgan fingerprint density at radius 2 is 1.72 bits per heavy atom. The molecule has 0 aliphatic carbocycles. The van der Waals surface area contributed by atoms with E-state index in [-0.39, 0.29) is 17.0 Å². The fraction of sp³-hybridized carbons (Fsp3) is 0.562. The van der Waals surface area contributed by atoms with Crippen molar-refractivity contribution in [1.82, 2.24) is 14.5 Å². The number of hydrogen-bond acceptors (Lipinski definition) is 8. The Labute approximate surface area is 257 Å². The van der Waals surface area contributed by atoms with Crippen LogP contribution < -0.4 is 5.73 Å². The lowest BCUT2D eigenvalue weighted by atomic mass is 9.89. The second kappa shape index (κ2) is 13.3. The number of nitrogens with two attached hydrogens (primary N) is 1. The van der Waals surface area contributed by atoms with E-state index in [2.05, 4.69) is 52.5 Å². The van der Waals surface area contributed by atoms with Gasteiger partial charge in [-0.05, 0) is 74.7 Å². The number of rotatable bonds is 11. The molecule has 1 aromatic carbocycles. The number of sulfone groups is 1. The number of aromatic nitrogens is 2. The Hall–Kier alpha value is -2.44. The second-order valence-electron chi connectivity index (χ2n) is 12.9. The number of Topliss-reactive ketones (excluding diaryl/α,β-unsaturated/α-hetero) is 1. The van der Waals surface area contributed by atoms with Gasteiger partial charge in [0.2, 0.25) is 0 Å². The van der Waals surface area contributed by atoms with Gasteiger partial charge in [0.1, 0.15) is 22.2 Å². The molecule has 5 rings (SSSR count). The minimum atomic E-state index is -2.99. The minimum Gasteiger partial charge on any atom is -0.397 e. The molecule has 0 bridgehead atoms. The molecule has 0 unspecified atom stereocenters. The molecule has 3 aromatic rings. The number of pyridine rings is 1. The van der Waals surface area contributed by atoms with Crippen molar-refractivity contribution in [1.29, 1.82) is 0 Å². The van der Waals surface area contributed by atoms with Crippen molar-refractivity contribution >= 4 is 42.4 Å². The normalized spacial score (nSPS) is 18.3. The molecule has 0 radical (unpaired) electrons. The van der Waals surface area contributed by atoms with Gasteiger partial charge in [-0.25, -0.2) is 23.4 Å². The van der Waals surface area contributed by atoms with Crippen molar-refractivity contribution < 1.29 is 22.7 Å². The quantitative estimate of drug-likeness (QED) is 0.242. The molecule has 2 aromatic heterocycles. The highest BCUT2D eigenvalue weighted by Gasteiger charge is 2.29. The summed E-state index contributed by atoms with van der Waals surface area (Å²) in [6, 6.07) is 10.5. The first kappa shape index (κ1) is 32.0. The van der Waals surface area contributed by atoms with Gasteiger partial charge in [0.15, 0.2) is 5.78 Å². The Bertz CT molecular complexity index is 1530. The molecule has 0 saturated carbocycles. The average Bonchev–Trinajstić information content (AvgIpc) is 3.33. The summed E-state index contributed by atoms with van der Waals surface area (Å²) in [5.41, 5.74) is 11.2. The highest BCUT2D eigenvalue weighted by molar-refractivity contribution is 8.32. The van der Waals surface area contributed by atoms with Gasteiger partial charge in [-0.2, -0.15) is 0 Å². The van der Waals surface area contributed by atoms with Crippen molar-refractivity contribution in [2.24, 2.45) is 5.92 Å². The Balaban J connectivity index is 1.42. The number of nitrogen functional groups attached to an aromatic ring is 1. The molecule has 2 fully saturated rings. The average molecular weight is 631 g/mol. The molecule has 9 nitrogen and oxygen atoms in total. The summed E-state index contributed by atoms with van der Waals surface area (Å²) in [6.45, 7) is 4.48. The van der Waals surface area contributed by atoms with E-state index in [0.717, 1.165) is 42.0 Å². The van der Waals surface area contributed by atoms with Crippen LogP contribution in [0.1, 0.15) is 41.6 Å². The molecule has 4 heterocycles. The first-order valence-corrected chi connectivity index (χ1v) is 20.0. The first-order chi connectivity index (χ1) is 20.4. The lowest BCUT2D eigenvalue weighted by Crippen LogP contribution is -2.38. The molecular formula is C32H46N4O5S2. The zero-order valence-corrected chi connectivity index (χ0v) is 27.5. The first-order valence-electron chi connectivity index (χ1n) is 15.0. The molecule has 2 N–H and O–H groups in total. The van der Waals surface area contributed by atoms with Crippen molar-refractivity contribution in [3.63, 3.8) is 0 Å². The molecule has 236 valence electrons. The number of ketones is 1. The summed E-state index contributed by atoms with van der Waals surface area (Å²) in [4.78, 5) is 20.7. The van der Waals surface area contributed by atoms with Gasteiger partial charge in [0, 0.05) is 43.1 Å². The fourth-order valence-corrected chi connectivity index (χ4v) is 7.71. The van der Waals surface area contributed by atoms with Crippen LogP contribution in [0.2, 0.25) is 0 Å². The van der Waals surface area contributed by atoms with E-state index in [1.807, 2.05) is 6.07 Å². The number of likely N-dealkylation sites (tertiary alicyclic amines) is 1. The number of ether oxygens (including phenoxy) is 2. The van der Waals surface area contributed by atoms with E-state index in [1.165, 1.54) is 11.8 Å². The van der Waals surface area contributed by atoms with Gasteiger partial charge in [-0.3, -0.25) is 9.69 Å². The van der Waals surface area contributed by atoms with Gasteiger partial charge < -0.3 is 19.8 Å². The molecule has 2 aliphatic rings. The van der Waals surface area contributed by atoms with Crippen LogP contribution in [0.4, 0.5) is 5.69 Å². The van der Waals surface area contributed by atoms with Crippen LogP contribution in [-0.4, -0.2) is 97.6 Å². The van der Waals surface area contributed by atoms with Crippen LogP contribution >= 0.6 is 10.0 Å². The van der Waals surface area contributed by atoms with Gasteiger partial charge in [-0.15, -0.1) is 0 Å². The fourth-order valence-electron chi connectivity index (χ4n) is 6.02. The minimum absolute atomic E-state index is 0.0594. The van der Waals surface area contributed by atoms with E-state index in [1.54, 1.807) is 6.20 Å². The summed E-state index contributed by atoms with van der Waals surface area (Å²) in [7, 11) is -3.67. The lowest BCUT2D eigenvalue weighted by Gasteiger charge is -2.31. The smallest absolute Gasteiger partial charge is 0.168 e. The molecule has 0 atom stereocenters. The van der Waals surface area contributed by atoms with E-state index in [0.29, 0.717) is 69.1 Å². The number of fused-ring (bicyclic) bond motifs is 1. The molecule has 2 aliphatic heterocycles. The molecule has 11 heteroatoms. The van der Waals surface area contributed by atoms with Gasteiger partial charge in [-0.1, -0.05) is 24.3 Å². The van der Waals surface area contributed by atoms with Crippen molar-refractivity contribution in [2.45, 2.75) is 44.2 Å². The second-order valence-corrected chi connectivity index (χ2v) is 19.8. The number of carbonyl (C=O) groups is 1. The third kappa shape index (κ3) is 7.81. The van der Waals surface area contributed by atoms with Crippen molar-refractivity contribution in [2.75, 3.05) is 69.4 Å². The van der Waals surface area contributed by atoms with Crippen LogP contribution in [0, 0.1) is 5.92 Å². The van der Waals surface area contributed by atoms with Gasteiger partial charge in [0.05, 0.1) is 35.0 Å². The maximum Gasteiger partial charge on any atom is 0.168 e. The molecule has 0 amide bonds. The van der Waals surface area contributed by atoms with Crippen LogP contribution in [0.5, 0.6) is 0 Å². The molecule has 43 heavy (non-hydrogen) atoms. The monoisotopic (exact) mass is 630 g/mol. The number of piperidine rings is 1.